The van der Waals surface area contributed by atoms with Gasteiger partial charge in [0.1, 0.15) is 0 Å². The number of likely N-dealkylation sites (tertiary alicyclic amines) is 1. The van der Waals surface area contributed by atoms with E-state index in [0.29, 0.717) is 13.1 Å². The van der Waals surface area contributed by atoms with Crippen molar-refractivity contribution in [1.82, 2.24) is 10.2 Å². The number of imide groups is 1. The molecule has 2 amide bonds. The number of rotatable bonds is 6. The summed E-state index contributed by atoms with van der Waals surface area (Å²) in [5.41, 5.74) is 0. The standard InChI is InChI=1S/C11H20N2O3S/c1-4-5-13-10(14)6-9(11(13)15)12-7-8(2)17(3)16/h8-9,12H,4-7H2,1-3H3. The van der Waals surface area contributed by atoms with Gasteiger partial charge in [0.25, 0.3) is 0 Å². The Kier molecular flexibility index (Phi) is 5.27. The summed E-state index contributed by atoms with van der Waals surface area (Å²) in [5, 5.41) is 3.01. The molecule has 1 heterocycles. The molecule has 0 aliphatic carbocycles. The highest BCUT2D eigenvalue weighted by Gasteiger charge is 2.37. The Morgan fingerprint density at radius 3 is 2.71 bits per heavy atom. The van der Waals surface area contributed by atoms with Crippen LogP contribution in [0.1, 0.15) is 26.7 Å². The zero-order chi connectivity index (χ0) is 13.0. The second-order valence-electron chi connectivity index (χ2n) is 4.36. The van der Waals surface area contributed by atoms with Crippen LogP contribution in [0.4, 0.5) is 0 Å². The molecular weight excluding hydrogens is 240 g/mol. The average molecular weight is 260 g/mol. The van der Waals surface area contributed by atoms with Crippen LogP contribution in [0.2, 0.25) is 0 Å². The summed E-state index contributed by atoms with van der Waals surface area (Å²) < 4.78 is 11.2. The maximum absolute atomic E-state index is 11.9. The summed E-state index contributed by atoms with van der Waals surface area (Å²) in [6, 6.07) is -0.431. The average Bonchev–Trinajstić information content (AvgIpc) is 2.53. The van der Waals surface area contributed by atoms with Crippen LogP contribution in [0.5, 0.6) is 0 Å². The highest BCUT2D eigenvalue weighted by molar-refractivity contribution is 7.84. The molecule has 1 N–H and O–H groups in total. The molecule has 3 unspecified atom stereocenters. The lowest BCUT2D eigenvalue weighted by Gasteiger charge is -2.15. The van der Waals surface area contributed by atoms with Crippen LogP contribution in [0, 0.1) is 0 Å². The van der Waals surface area contributed by atoms with Crippen molar-refractivity contribution < 1.29 is 13.8 Å². The first-order valence-corrected chi connectivity index (χ1v) is 7.49. The molecule has 5 nitrogen and oxygen atoms in total. The van der Waals surface area contributed by atoms with Crippen molar-refractivity contribution >= 4 is 22.6 Å². The van der Waals surface area contributed by atoms with E-state index >= 15 is 0 Å². The van der Waals surface area contributed by atoms with E-state index in [1.54, 1.807) is 6.26 Å². The third kappa shape index (κ3) is 3.61. The summed E-state index contributed by atoms with van der Waals surface area (Å²) in [5.74, 6) is -0.259. The van der Waals surface area contributed by atoms with Crippen molar-refractivity contribution in [3.8, 4) is 0 Å². The van der Waals surface area contributed by atoms with Gasteiger partial charge in [0, 0.05) is 35.4 Å². The molecule has 0 aromatic carbocycles. The molecule has 1 fully saturated rings. The van der Waals surface area contributed by atoms with Crippen molar-refractivity contribution in [1.29, 1.82) is 0 Å². The fraction of sp³-hybridized carbons (Fsp3) is 0.818. The molecule has 0 saturated carbocycles. The molecule has 1 rings (SSSR count). The van der Waals surface area contributed by atoms with Crippen LogP contribution in [0.3, 0.4) is 0 Å². The number of carbonyl (C=O) groups excluding carboxylic acids is 2. The summed E-state index contributed by atoms with van der Waals surface area (Å²) in [7, 11) is -0.915. The summed E-state index contributed by atoms with van der Waals surface area (Å²) in [6.45, 7) is 4.77. The molecule has 3 atom stereocenters. The van der Waals surface area contributed by atoms with E-state index in [-0.39, 0.29) is 23.5 Å². The van der Waals surface area contributed by atoms with Crippen molar-refractivity contribution in [2.75, 3.05) is 19.3 Å². The van der Waals surface area contributed by atoms with Crippen LogP contribution in [-0.2, 0) is 20.4 Å². The lowest BCUT2D eigenvalue weighted by Crippen LogP contribution is -2.42. The zero-order valence-electron chi connectivity index (χ0n) is 10.6. The van der Waals surface area contributed by atoms with Crippen molar-refractivity contribution in [3.05, 3.63) is 0 Å². The lowest BCUT2D eigenvalue weighted by atomic mass is 10.2. The Morgan fingerprint density at radius 2 is 2.18 bits per heavy atom. The first-order valence-electron chi connectivity index (χ1n) is 5.87. The Bertz CT molecular complexity index is 333. The minimum absolute atomic E-state index is 0.0156. The van der Waals surface area contributed by atoms with E-state index < -0.39 is 16.8 Å². The highest BCUT2D eigenvalue weighted by atomic mass is 32.2. The molecule has 0 bridgehead atoms. The molecule has 1 aliphatic heterocycles. The molecule has 0 aromatic heterocycles. The summed E-state index contributed by atoms with van der Waals surface area (Å²) in [4.78, 5) is 24.7. The first kappa shape index (κ1) is 14.3. The molecule has 17 heavy (non-hydrogen) atoms. The van der Waals surface area contributed by atoms with Crippen LogP contribution < -0.4 is 5.32 Å². The molecule has 0 radical (unpaired) electrons. The van der Waals surface area contributed by atoms with Gasteiger partial charge in [-0.25, -0.2) is 0 Å². The Hall–Kier alpha value is -0.750. The van der Waals surface area contributed by atoms with E-state index in [9.17, 15) is 13.8 Å². The predicted molar refractivity (Wildman–Crippen MR) is 66.9 cm³/mol. The molecule has 6 heteroatoms. The number of hydrogen-bond donors (Lipinski definition) is 1. The largest absolute Gasteiger partial charge is 0.304 e. The topological polar surface area (TPSA) is 66.5 Å². The number of carbonyl (C=O) groups is 2. The monoisotopic (exact) mass is 260 g/mol. The lowest BCUT2D eigenvalue weighted by molar-refractivity contribution is -0.138. The third-order valence-electron chi connectivity index (χ3n) is 2.91. The fourth-order valence-corrected chi connectivity index (χ4v) is 2.06. The van der Waals surface area contributed by atoms with Gasteiger partial charge in [0.05, 0.1) is 12.5 Å². The SMILES string of the molecule is CCCN1C(=O)CC(NCC(C)S(C)=O)C1=O. The van der Waals surface area contributed by atoms with E-state index in [1.165, 1.54) is 4.90 Å². The fourth-order valence-electron chi connectivity index (χ4n) is 1.73. The maximum Gasteiger partial charge on any atom is 0.246 e. The summed E-state index contributed by atoms with van der Waals surface area (Å²) in [6.07, 6.45) is 2.64. The number of nitrogens with one attached hydrogen (secondary N) is 1. The second kappa shape index (κ2) is 6.26. The minimum Gasteiger partial charge on any atom is -0.304 e. The molecular formula is C11H20N2O3S. The molecule has 1 aliphatic rings. The summed E-state index contributed by atoms with van der Waals surface area (Å²) >= 11 is 0. The number of hydrogen-bond acceptors (Lipinski definition) is 4. The van der Waals surface area contributed by atoms with Gasteiger partial charge in [-0.05, 0) is 13.3 Å². The van der Waals surface area contributed by atoms with Gasteiger partial charge in [-0.15, -0.1) is 0 Å². The normalized spacial score (nSPS) is 24.2. The van der Waals surface area contributed by atoms with Gasteiger partial charge >= 0.3 is 0 Å². The Morgan fingerprint density at radius 1 is 1.53 bits per heavy atom. The van der Waals surface area contributed by atoms with Gasteiger partial charge in [-0.2, -0.15) is 0 Å². The Labute approximate surface area is 104 Å². The third-order valence-corrected chi connectivity index (χ3v) is 4.21. The van der Waals surface area contributed by atoms with E-state index in [4.69, 9.17) is 0 Å². The molecule has 98 valence electrons. The van der Waals surface area contributed by atoms with Gasteiger partial charge in [-0.1, -0.05) is 6.92 Å². The van der Waals surface area contributed by atoms with E-state index in [1.807, 2.05) is 13.8 Å². The maximum atomic E-state index is 11.9. The van der Waals surface area contributed by atoms with Gasteiger partial charge in [0.2, 0.25) is 11.8 Å². The van der Waals surface area contributed by atoms with Crippen molar-refractivity contribution in [2.24, 2.45) is 0 Å². The van der Waals surface area contributed by atoms with Gasteiger partial charge in [0.15, 0.2) is 0 Å². The van der Waals surface area contributed by atoms with Crippen molar-refractivity contribution in [2.45, 2.75) is 38.0 Å². The van der Waals surface area contributed by atoms with Crippen molar-refractivity contribution in [3.63, 3.8) is 0 Å². The smallest absolute Gasteiger partial charge is 0.246 e. The van der Waals surface area contributed by atoms with Crippen LogP contribution in [0.15, 0.2) is 0 Å². The van der Waals surface area contributed by atoms with Gasteiger partial charge in [-0.3, -0.25) is 18.7 Å². The quantitative estimate of drug-likeness (QED) is 0.676. The van der Waals surface area contributed by atoms with Crippen LogP contribution in [-0.4, -0.2) is 51.6 Å². The Balaban J connectivity index is 2.49. The van der Waals surface area contributed by atoms with Crippen LogP contribution >= 0.6 is 0 Å². The minimum atomic E-state index is -0.915. The first-order chi connectivity index (χ1) is 7.97. The molecule has 1 saturated heterocycles. The number of nitrogens with zero attached hydrogens (tertiary/aromatic N) is 1. The van der Waals surface area contributed by atoms with Crippen LogP contribution in [0.25, 0.3) is 0 Å². The number of amides is 2. The van der Waals surface area contributed by atoms with E-state index in [0.717, 1.165) is 6.42 Å². The predicted octanol–water partition coefficient (Wildman–Crippen LogP) is -0.119. The molecule has 0 spiro atoms. The second-order valence-corrected chi connectivity index (χ2v) is 6.16. The zero-order valence-corrected chi connectivity index (χ0v) is 11.4. The van der Waals surface area contributed by atoms with Gasteiger partial charge < -0.3 is 5.32 Å². The van der Waals surface area contributed by atoms with E-state index in [2.05, 4.69) is 5.32 Å². The highest BCUT2D eigenvalue weighted by Crippen LogP contribution is 2.13. The molecule has 0 aromatic rings.